The molecule has 9 heavy (non-hydrogen) atoms. The van der Waals surface area contributed by atoms with Crippen molar-refractivity contribution in [1.82, 2.24) is 0 Å². The van der Waals surface area contributed by atoms with E-state index in [-0.39, 0.29) is 0 Å². The third-order valence-electron chi connectivity index (χ3n) is 0.487. The van der Waals surface area contributed by atoms with E-state index >= 15 is 0 Å². The summed E-state index contributed by atoms with van der Waals surface area (Å²) in [6, 6.07) is 0. The molecule has 0 aromatic rings. The number of hydrogen-bond acceptors (Lipinski definition) is 0. The van der Waals surface area contributed by atoms with Gasteiger partial charge in [0.1, 0.15) is 0 Å². The van der Waals surface area contributed by atoms with E-state index in [1.54, 1.807) is 0 Å². The lowest BCUT2D eigenvalue weighted by molar-refractivity contribution is 0.902. The van der Waals surface area contributed by atoms with Gasteiger partial charge >= 0.3 is 0 Å². The van der Waals surface area contributed by atoms with Crippen LogP contribution in [0.1, 0.15) is 33.6 Å². The zero-order chi connectivity index (χ0) is 7.70. The topological polar surface area (TPSA) is 0 Å². The van der Waals surface area contributed by atoms with Crippen LogP contribution in [0, 0.1) is 0 Å². The standard InChI is InChI=1S/C4H9Br.C3H7Cl/c1-2-3-4-5;1-3(2)4/h2-4H2,1H3;3H,1-2H3. The molecule has 0 saturated heterocycles. The minimum atomic E-state index is 0.306. The summed E-state index contributed by atoms with van der Waals surface area (Å²) in [6.07, 6.45) is 2.60. The predicted molar refractivity (Wildman–Crippen MR) is 49.7 cm³/mol. The SMILES string of the molecule is CC(C)Cl.CCCCBr. The smallest absolute Gasteiger partial charge is 0.0279 e. The van der Waals surface area contributed by atoms with Crippen LogP contribution in [0.3, 0.4) is 0 Å². The van der Waals surface area contributed by atoms with Gasteiger partial charge in [0.25, 0.3) is 0 Å². The van der Waals surface area contributed by atoms with Crippen molar-refractivity contribution in [2.75, 3.05) is 5.33 Å². The van der Waals surface area contributed by atoms with Crippen LogP contribution in [-0.2, 0) is 0 Å². The van der Waals surface area contributed by atoms with Crippen LogP contribution in [0.15, 0.2) is 0 Å². The number of unbranched alkanes of at least 4 members (excludes halogenated alkanes) is 1. The number of rotatable bonds is 2. The van der Waals surface area contributed by atoms with E-state index in [0.29, 0.717) is 5.38 Å². The highest BCUT2D eigenvalue weighted by molar-refractivity contribution is 9.09. The van der Waals surface area contributed by atoms with Gasteiger partial charge in [-0.25, -0.2) is 0 Å². The lowest BCUT2D eigenvalue weighted by Crippen LogP contribution is -1.70. The Kier molecular flexibility index (Phi) is 16.0. The Hall–Kier alpha value is 0.770. The Balaban J connectivity index is 0. The first kappa shape index (κ1) is 12.4. The molecule has 0 unspecified atom stereocenters. The molecule has 0 amide bonds. The van der Waals surface area contributed by atoms with Crippen LogP contribution in [0.5, 0.6) is 0 Å². The van der Waals surface area contributed by atoms with E-state index in [9.17, 15) is 0 Å². The van der Waals surface area contributed by atoms with Gasteiger partial charge in [0.05, 0.1) is 0 Å². The quantitative estimate of drug-likeness (QED) is 0.615. The zero-order valence-corrected chi connectivity index (χ0v) is 8.80. The number of halogens is 2. The second-order valence-corrected chi connectivity index (χ2v) is 3.72. The van der Waals surface area contributed by atoms with Crippen molar-refractivity contribution in [2.45, 2.75) is 39.0 Å². The van der Waals surface area contributed by atoms with Gasteiger partial charge in [-0.15, -0.1) is 11.6 Å². The highest BCUT2D eigenvalue weighted by atomic mass is 79.9. The van der Waals surface area contributed by atoms with Gasteiger partial charge in [0, 0.05) is 10.7 Å². The molecule has 0 rings (SSSR count). The van der Waals surface area contributed by atoms with Gasteiger partial charge < -0.3 is 0 Å². The number of alkyl halides is 2. The van der Waals surface area contributed by atoms with Crippen LogP contribution in [0.2, 0.25) is 0 Å². The highest BCUT2D eigenvalue weighted by Crippen LogP contribution is 1.89. The molecule has 0 bridgehead atoms. The lowest BCUT2D eigenvalue weighted by atomic mass is 10.4. The fourth-order valence-corrected chi connectivity index (χ4v) is 0.694. The Morgan fingerprint density at radius 1 is 1.44 bits per heavy atom. The lowest BCUT2D eigenvalue weighted by Gasteiger charge is -1.77. The zero-order valence-electron chi connectivity index (χ0n) is 6.45. The highest BCUT2D eigenvalue weighted by Gasteiger charge is 1.71. The molecule has 0 radical (unpaired) electrons. The second-order valence-electron chi connectivity index (χ2n) is 2.06. The maximum atomic E-state index is 5.27. The van der Waals surface area contributed by atoms with Crippen molar-refractivity contribution in [3.63, 3.8) is 0 Å². The molecule has 0 heterocycles. The fourth-order valence-electron chi connectivity index (χ4n) is 0.134. The largest absolute Gasteiger partial charge is 0.124 e. The fraction of sp³-hybridized carbons (Fsp3) is 1.00. The summed E-state index contributed by atoms with van der Waals surface area (Å²) in [5.74, 6) is 0. The van der Waals surface area contributed by atoms with Crippen molar-refractivity contribution >= 4 is 27.5 Å². The van der Waals surface area contributed by atoms with E-state index in [2.05, 4.69) is 22.9 Å². The van der Waals surface area contributed by atoms with Crippen molar-refractivity contribution in [1.29, 1.82) is 0 Å². The molecule has 0 aromatic carbocycles. The van der Waals surface area contributed by atoms with E-state index < -0.39 is 0 Å². The third kappa shape index (κ3) is 52.4. The molecular weight excluding hydrogens is 199 g/mol. The summed E-state index contributed by atoms with van der Waals surface area (Å²) >= 11 is 8.58. The summed E-state index contributed by atoms with van der Waals surface area (Å²) in [5.41, 5.74) is 0. The van der Waals surface area contributed by atoms with Crippen LogP contribution in [0.4, 0.5) is 0 Å². The van der Waals surface area contributed by atoms with Gasteiger partial charge in [-0.2, -0.15) is 0 Å². The molecule has 0 aromatic heterocycles. The van der Waals surface area contributed by atoms with Gasteiger partial charge in [-0.1, -0.05) is 29.3 Å². The van der Waals surface area contributed by atoms with E-state index in [4.69, 9.17) is 11.6 Å². The molecule has 58 valence electrons. The van der Waals surface area contributed by atoms with Crippen LogP contribution in [-0.4, -0.2) is 10.7 Å². The monoisotopic (exact) mass is 214 g/mol. The molecule has 0 N–H and O–H groups in total. The molecule has 0 aliphatic carbocycles. The third-order valence-corrected chi connectivity index (χ3v) is 1.05. The minimum absolute atomic E-state index is 0.306. The van der Waals surface area contributed by atoms with Crippen molar-refractivity contribution in [3.8, 4) is 0 Å². The Morgan fingerprint density at radius 2 is 1.78 bits per heavy atom. The summed E-state index contributed by atoms with van der Waals surface area (Å²) in [7, 11) is 0. The molecule has 0 aliphatic heterocycles. The maximum absolute atomic E-state index is 5.27. The number of hydrogen-bond donors (Lipinski definition) is 0. The molecule has 0 atom stereocenters. The Labute approximate surface area is 72.1 Å². The minimum Gasteiger partial charge on any atom is -0.124 e. The molecule has 0 aliphatic rings. The van der Waals surface area contributed by atoms with Crippen molar-refractivity contribution < 1.29 is 0 Å². The normalized spacial score (nSPS) is 8.67. The maximum Gasteiger partial charge on any atom is 0.0279 e. The molecule has 0 nitrogen and oxygen atoms in total. The molecule has 2 heteroatoms. The summed E-state index contributed by atoms with van der Waals surface area (Å²) in [4.78, 5) is 0. The first-order chi connectivity index (χ1) is 4.15. The second kappa shape index (κ2) is 11.6. The van der Waals surface area contributed by atoms with E-state index in [1.807, 2.05) is 13.8 Å². The van der Waals surface area contributed by atoms with Gasteiger partial charge in [-0.3, -0.25) is 0 Å². The molecular formula is C7H16BrCl. The molecule has 0 saturated carbocycles. The molecule has 0 fully saturated rings. The first-order valence-electron chi connectivity index (χ1n) is 3.35. The Morgan fingerprint density at radius 3 is 1.78 bits per heavy atom. The summed E-state index contributed by atoms with van der Waals surface area (Å²) in [6.45, 7) is 6.05. The van der Waals surface area contributed by atoms with Crippen LogP contribution < -0.4 is 0 Å². The van der Waals surface area contributed by atoms with Crippen molar-refractivity contribution in [2.24, 2.45) is 0 Å². The van der Waals surface area contributed by atoms with Gasteiger partial charge in [0.15, 0.2) is 0 Å². The van der Waals surface area contributed by atoms with Gasteiger partial charge in [-0.05, 0) is 20.3 Å². The van der Waals surface area contributed by atoms with Gasteiger partial charge in [0.2, 0.25) is 0 Å². The van der Waals surface area contributed by atoms with Crippen LogP contribution in [0.25, 0.3) is 0 Å². The van der Waals surface area contributed by atoms with Crippen molar-refractivity contribution in [3.05, 3.63) is 0 Å². The average Bonchev–Trinajstić information content (AvgIpc) is 1.66. The average molecular weight is 216 g/mol. The predicted octanol–water partition coefficient (Wildman–Crippen LogP) is 3.82. The van der Waals surface area contributed by atoms with Crippen LogP contribution >= 0.6 is 27.5 Å². The van der Waals surface area contributed by atoms with E-state index in [0.717, 1.165) is 5.33 Å². The molecule has 0 spiro atoms. The summed E-state index contributed by atoms with van der Waals surface area (Å²) < 4.78 is 0. The first-order valence-corrected chi connectivity index (χ1v) is 4.91. The summed E-state index contributed by atoms with van der Waals surface area (Å²) in [5, 5.41) is 1.46. The van der Waals surface area contributed by atoms with E-state index in [1.165, 1.54) is 12.8 Å². The Bertz CT molecular complexity index is 33.1.